The summed E-state index contributed by atoms with van der Waals surface area (Å²) >= 11 is 0. The molecular weight excluding hydrogens is 242 g/mol. The Bertz CT molecular complexity index is 463. The molecule has 0 atom stereocenters. The third-order valence-corrected chi connectivity index (χ3v) is 4.29. The molecule has 2 N–H and O–H groups in total. The standard InChI is InChI=1S/C14H21N3O2/c15-14-16-11-6-7-17(9-12(11)19-14)13(18)8-10-4-2-1-3-5-10/h10H,1-9H2,(H2,15,16). The van der Waals surface area contributed by atoms with Gasteiger partial charge in [0.1, 0.15) is 5.76 Å². The van der Waals surface area contributed by atoms with E-state index in [1.54, 1.807) is 0 Å². The lowest BCUT2D eigenvalue weighted by Gasteiger charge is -2.28. The van der Waals surface area contributed by atoms with E-state index in [4.69, 9.17) is 10.2 Å². The second-order valence-electron chi connectivity index (χ2n) is 5.70. The van der Waals surface area contributed by atoms with E-state index < -0.39 is 0 Å². The van der Waals surface area contributed by atoms with Crippen LogP contribution in [0.5, 0.6) is 0 Å². The number of rotatable bonds is 2. The molecule has 1 aliphatic carbocycles. The minimum Gasteiger partial charge on any atom is -0.427 e. The van der Waals surface area contributed by atoms with Crippen molar-refractivity contribution in [2.45, 2.75) is 51.5 Å². The van der Waals surface area contributed by atoms with Crippen molar-refractivity contribution in [3.63, 3.8) is 0 Å². The quantitative estimate of drug-likeness (QED) is 0.887. The van der Waals surface area contributed by atoms with Crippen molar-refractivity contribution in [2.24, 2.45) is 5.92 Å². The minimum atomic E-state index is 0.214. The van der Waals surface area contributed by atoms with Crippen molar-refractivity contribution in [3.05, 3.63) is 11.5 Å². The summed E-state index contributed by atoms with van der Waals surface area (Å²) in [7, 11) is 0. The Morgan fingerprint density at radius 2 is 2.16 bits per heavy atom. The zero-order valence-corrected chi connectivity index (χ0v) is 11.2. The molecule has 0 aromatic carbocycles. The Morgan fingerprint density at radius 3 is 2.95 bits per heavy atom. The summed E-state index contributed by atoms with van der Waals surface area (Å²) in [5.41, 5.74) is 6.46. The lowest BCUT2D eigenvalue weighted by Crippen LogP contribution is -2.36. The smallest absolute Gasteiger partial charge is 0.292 e. The van der Waals surface area contributed by atoms with Crippen molar-refractivity contribution in [1.29, 1.82) is 0 Å². The number of fused-ring (bicyclic) bond motifs is 1. The van der Waals surface area contributed by atoms with Gasteiger partial charge in [-0.3, -0.25) is 4.79 Å². The van der Waals surface area contributed by atoms with E-state index in [0.29, 0.717) is 18.9 Å². The molecule has 5 heteroatoms. The molecule has 1 aliphatic heterocycles. The second kappa shape index (κ2) is 5.23. The van der Waals surface area contributed by atoms with Gasteiger partial charge < -0.3 is 15.1 Å². The van der Waals surface area contributed by atoms with Crippen LogP contribution < -0.4 is 5.73 Å². The summed E-state index contributed by atoms with van der Waals surface area (Å²) < 4.78 is 5.35. The third kappa shape index (κ3) is 2.74. The number of hydrogen-bond donors (Lipinski definition) is 1. The topological polar surface area (TPSA) is 72.4 Å². The van der Waals surface area contributed by atoms with Crippen LogP contribution in [-0.2, 0) is 17.8 Å². The van der Waals surface area contributed by atoms with Crippen molar-refractivity contribution in [1.82, 2.24) is 9.88 Å². The van der Waals surface area contributed by atoms with Crippen LogP contribution >= 0.6 is 0 Å². The van der Waals surface area contributed by atoms with E-state index in [1.807, 2.05) is 4.90 Å². The van der Waals surface area contributed by atoms with Gasteiger partial charge in [0, 0.05) is 19.4 Å². The van der Waals surface area contributed by atoms with Gasteiger partial charge in [0.15, 0.2) is 0 Å². The van der Waals surface area contributed by atoms with Crippen LogP contribution in [-0.4, -0.2) is 22.3 Å². The number of carbonyl (C=O) groups excluding carboxylic acids is 1. The third-order valence-electron chi connectivity index (χ3n) is 4.29. The summed E-state index contributed by atoms with van der Waals surface area (Å²) in [6.45, 7) is 1.27. The molecular formula is C14H21N3O2. The van der Waals surface area contributed by atoms with Gasteiger partial charge in [-0.2, -0.15) is 4.98 Å². The Morgan fingerprint density at radius 1 is 1.37 bits per heavy atom. The van der Waals surface area contributed by atoms with Crippen LogP contribution in [0.2, 0.25) is 0 Å². The fourth-order valence-corrected chi connectivity index (χ4v) is 3.20. The number of anilines is 1. The molecule has 1 aromatic rings. The van der Waals surface area contributed by atoms with Gasteiger partial charge in [0.25, 0.3) is 6.01 Å². The largest absolute Gasteiger partial charge is 0.427 e. The average molecular weight is 263 g/mol. The predicted octanol–water partition coefficient (Wildman–Crippen LogP) is 2.11. The van der Waals surface area contributed by atoms with E-state index in [9.17, 15) is 4.79 Å². The highest BCUT2D eigenvalue weighted by Gasteiger charge is 2.27. The molecule has 19 heavy (non-hydrogen) atoms. The van der Waals surface area contributed by atoms with Crippen LogP contribution in [0.1, 0.15) is 50.0 Å². The molecule has 2 heterocycles. The molecule has 5 nitrogen and oxygen atoms in total. The molecule has 104 valence electrons. The average Bonchev–Trinajstić information content (AvgIpc) is 2.78. The van der Waals surface area contributed by atoms with Crippen LogP contribution in [0.25, 0.3) is 0 Å². The second-order valence-corrected chi connectivity index (χ2v) is 5.70. The number of nitrogens with zero attached hydrogens (tertiary/aromatic N) is 2. The van der Waals surface area contributed by atoms with Crippen LogP contribution in [0, 0.1) is 5.92 Å². The molecule has 1 aromatic heterocycles. The van der Waals surface area contributed by atoms with Crippen LogP contribution in [0.4, 0.5) is 6.01 Å². The first-order valence-corrected chi connectivity index (χ1v) is 7.24. The molecule has 3 rings (SSSR count). The number of amides is 1. The predicted molar refractivity (Wildman–Crippen MR) is 71.2 cm³/mol. The van der Waals surface area contributed by atoms with E-state index in [1.165, 1.54) is 32.1 Å². The van der Waals surface area contributed by atoms with Gasteiger partial charge >= 0.3 is 0 Å². The summed E-state index contributed by atoms with van der Waals surface area (Å²) in [6.07, 6.45) is 7.75. The SMILES string of the molecule is Nc1nc2c(o1)CN(C(=O)CC1CCCCC1)CC2. The molecule has 1 amide bonds. The van der Waals surface area contributed by atoms with Gasteiger partial charge in [-0.25, -0.2) is 0 Å². The van der Waals surface area contributed by atoms with E-state index in [-0.39, 0.29) is 11.9 Å². The lowest BCUT2D eigenvalue weighted by atomic mass is 9.86. The number of nitrogen functional groups attached to an aromatic ring is 1. The fourth-order valence-electron chi connectivity index (χ4n) is 3.20. The van der Waals surface area contributed by atoms with Gasteiger partial charge in [-0.05, 0) is 18.8 Å². The molecule has 0 unspecified atom stereocenters. The zero-order valence-electron chi connectivity index (χ0n) is 11.2. The van der Waals surface area contributed by atoms with Gasteiger partial charge in [0.2, 0.25) is 5.91 Å². The highest BCUT2D eigenvalue weighted by molar-refractivity contribution is 5.76. The number of hydrogen-bond acceptors (Lipinski definition) is 4. The minimum absolute atomic E-state index is 0.214. The Labute approximate surface area is 113 Å². The van der Waals surface area contributed by atoms with Crippen LogP contribution in [0.3, 0.4) is 0 Å². The van der Waals surface area contributed by atoms with Crippen molar-refractivity contribution < 1.29 is 9.21 Å². The number of aromatic nitrogens is 1. The number of nitrogens with two attached hydrogens (primary N) is 1. The number of oxazole rings is 1. The first-order valence-electron chi connectivity index (χ1n) is 7.24. The molecule has 0 saturated heterocycles. The van der Waals surface area contributed by atoms with Gasteiger partial charge in [-0.15, -0.1) is 0 Å². The van der Waals surface area contributed by atoms with E-state index >= 15 is 0 Å². The maximum Gasteiger partial charge on any atom is 0.292 e. The van der Waals surface area contributed by atoms with Crippen molar-refractivity contribution >= 4 is 11.9 Å². The molecule has 2 aliphatic rings. The van der Waals surface area contributed by atoms with E-state index in [2.05, 4.69) is 4.98 Å². The van der Waals surface area contributed by atoms with Crippen molar-refractivity contribution in [3.8, 4) is 0 Å². The van der Waals surface area contributed by atoms with Gasteiger partial charge in [-0.1, -0.05) is 19.3 Å². The maximum absolute atomic E-state index is 12.3. The molecule has 1 fully saturated rings. The molecule has 0 spiro atoms. The molecule has 0 radical (unpaired) electrons. The Balaban J connectivity index is 1.59. The Hall–Kier alpha value is -1.52. The summed E-state index contributed by atoms with van der Waals surface area (Å²) in [5.74, 6) is 1.61. The molecule has 0 bridgehead atoms. The highest BCUT2D eigenvalue weighted by atomic mass is 16.4. The number of carbonyl (C=O) groups is 1. The summed E-state index contributed by atoms with van der Waals surface area (Å²) in [5, 5.41) is 0. The normalized spacial score (nSPS) is 20.3. The highest BCUT2D eigenvalue weighted by Crippen LogP contribution is 2.28. The first kappa shape index (κ1) is 12.5. The van der Waals surface area contributed by atoms with Crippen molar-refractivity contribution in [2.75, 3.05) is 12.3 Å². The summed E-state index contributed by atoms with van der Waals surface area (Å²) in [6, 6.07) is 0.214. The van der Waals surface area contributed by atoms with Gasteiger partial charge in [0.05, 0.1) is 12.2 Å². The lowest BCUT2D eigenvalue weighted by molar-refractivity contribution is -0.133. The monoisotopic (exact) mass is 263 g/mol. The van der Waals surface area contributed by atoms with Crippen LogP contribution in [0.15, 0.2) is 4.42 Å². The first-order chi connectivity index (χ1) is 9.22. The summed E-state index contributed by atoms with van der Waals surface area (Å²) in [4.78, 5) is 18.3. The molecule has 1 saturated carbocycles. The zero-order chi connectivity index (χ0) is 13.2. The van der Waals surface area contributed by atoms with E-state index in [0.717, 1.165) is 24.4 Å². The Kier molecular flexibility index (Phi) is 3.44. The fraction of sp³-hybridized carbons (Fsp3) is 0.714. The maximum atomic E-state index is 12.3.